The second-order valence-electron chi connectivity index (χ2n) is 5.26. The molecule has 8 nitrogen and oxygen atoms in total. The summed E-state index contributed by atoms with van der Waals surface area (Å²) in [6, 6.07) is 1.90. The normalized spacial score (nSPS) is 11.2. The Bertz CT molecular complexity index is 844. The van der Waals surface area contributed by atoms with Gasteiger partial charge in [-0.15, -0.1) is 0 Å². The van der Waals surface area contributed by atoms with Gasteiger partial charge in [-0.05, 0) is 19.4 Å². The number of nitrogens with zero attached hydrogens (tertiary/aromatic N) is 6. The van der Waals surface area contributed by atoms with Crippen LogP contribution in [0.5, 0.6) is 0 Å². The number of nitrogens with one attached hydrogen (secondary N) is 1. The molecule has 3 aromatic rings. The lowest BCUT2D eigenvalue weighted by atomic mass is 10.3. The van der Waals surface area contributed by atoms with E-state index in [9.17, 15) is 4.79 Å². The molecule has 8 heteroatoms. The van der Waals surface area contributed by atoms with Crippen LogP contribution in [0.25, 0.3) is 11.0 Å². The van der Waals surface area contributed by atoms with Gasteiger partial charge in [-0.25, -0.2) is 4.98 Å². The van der Waals surface area contributed by atoms with E-state index in [1.807, 2.05) is 23.9 Å². The van der Waals surface area contributed by atoms with Crippen LogP contribution in [0.4, 0.5) is 5.95 Å². The molecule has 0 bridgehead atoms. The monoisotopic (exact) mass is 301 g/mol. The van der Waals surface area contributed by atoms with E-state index in [4.69, 9.17) is 0 Å². The minimum absolute atomic E-state index is 0.0947. The van der Waals surface area contributed by atoms with Crippen LogP contribution in [0.15, 0.2) is 23.3 Å². The fraction of sp³-hybridized carbons (Fsp3) is 0.429. The summed E-state index contributed by atoms with van der Waals surface area (Å²) >= 11 is 0. The van der Waals surface area contributed by atoms with Crippen molar-refractivity contribution in [2.24, 2.45) is 14.1 Å². The van der Waals surface area contributed by atoms with Crippen LogP contribution in [0, 0.1) is 6.92 Å². The third-order valence-corrected chi connectivity index (χ3v) is 3.64. The Labute approximate surface area is 127 Å². The molecular formula is C14H19N7O. The van der Waals surface area contributed by atoms with Crippen LogP contribution in [0.2, 0.25) is 0 Å². The van der Waals surface area contributed by atoms with E-state index >= 15 is 0 Å². The predicted molar refractivity (Wildman–Crippen MR) is 83.8 cm³/mol. The van der Waals surface area contributed by atoms with Crippen molar-refractivity contribution in [2.75, 3.05) is 11.9 Å². The molecule has 0 aromatic carbocycles. The average Bonchev–Trinajstić information content (AvgIpc) is 3.09. The van der Waals surface area contributed by atoms with Gasteiger partial charge in [0.1, 0.15) is 5.52 Å². The van der Waals surface area contributed by atoms with Crippen molar-refractivity contribution in [1.29, 1.82) is 0 Å². The lowest BCUT2D eigenvalue weighted by Crippen LogP contribution is -2.24. The summed E-state index contributed by atoms with van der Waals surface area (Å²) in [5, 5.41) is 11.6. The topological polar surface area (TPSA) is 82.6 Å². The van der Waals surface area contributed by atoms with Gasteiger partial charge in [0.15, 0.2) is 5.52 Å². The molecule has 116 valence electrons. The highest BCUT2D eigenvalue weighted by molar-refractivity contribution is 5.77. The third-order valence-electron chi connectivity index (χ3n) is 3.64. The number of aryl methyl sites for hydroxylation is 3. The minimum Gasteiger partial charge on any atom is -0.355 e. The fourth-order valence-corrected chi connectivity index (χ4v) is 2.49. The van der Waals surface area contributed by atoms with E-state index in [1.54, 1.807) is 25.0 Å². The first-order valence-corrected chi connectivity index (χ1v) is 7.19. The number of fused-ring (bicyclic) bond motifs is 1. The van der Waals surface area contributed by atoms with E-state index < -0.39 is 0 Å². The Morgan fingerprint density at radius 1 is 1.32 bits per heavy atom. The molecule has 1 N–H and O–H groups in total. The Morgan fingerprint density at radius 3 is 2.86 bits per heavy atom. The maximum absolute atomic E-state index is 12.4. The summed E-state index contributed by atoms with van der Waals surface area (Å²) in [7, 11) is 3.47. The zero-order valence-corrected chi connectivity index (χ0v) is 12.9. The number of aromatic nitrogens is 6. The van der Waals surface area contributed by atoms with Crippen LogP contribution in [-0.2, 0) is 20.6 Å². The number of anilines is 1. The molecule has 3 heterocycles. The molecule has 3 aromatic heterocycles. The van der Waals surface area contributed by atoms with Crippen LogP contribution < -0.4 is 10.9 Å². The van der Waals surface area contributed by atoms with E-state index in [0.717, 1.165) is 18.7 Å². The number of hydrogen-bond donors (Lipinski definition) is 1. The first-order chi connectivity index (χ1) is 10.6. The molecule has 0 fully saturated rings. The summed E-state index contributed by atoms with van der Waals surface area (Å²) in [4.78, 5) is 16.9. The third kappa shape index (κ3) is 2.47. The molecule has 0 radical (unpaired) electrons. The Morgan fingerprint density at radius 2 is 2.14 bits per heavy atom. The summed E-state index contributed by atoms with van der Waals surface area (Å²) in [5.41, 5.74) is 1.85. The van der Waals surface area contributed by atoms with Gasteiger partial charge in [0.2, 0.25) is 5.95 Å². The second kappa shape index (κ2) is 5.63. The van der Waals surface area contributed by atoms with Gasteiger partial charge in [0.25, 0.3) is 5.56 Å². The predicted octanol–water partition coefficient (Wildman–Crippen LogP) is 0.674. The van der Waals surface area contributed by atoms with E-state index in [1.165, 1.54) is 4.57 Å². The maximum atomic E-state index is 12.4. The molecule has 3 rings (SSSR count). The van der Waals surface area contributed by atoms with Gasteiger partial charge in [0.05, 0.1) is 5.69 Å². The van der Waals surface area contributed by atoms with Crippen LogP contribution in [-0.4, -0.2) is 35.7 Å². The van der Waals surface area contributed by atoms with Crippen molar-refractivity contribution in [3.8, 4) is 0 Å². The highest BCUT2D eigenvalue weighted by atomic mass is 16.1. The van der Waals surface area contributed by atoms with E-state index in [0.29, 0.717) is 23.5 Å². The van der Waals surface area contributed by atoms with Gasteiger partial charge in [-0.1, -0.05) is 0 Å². The lowest BCUT2D eigenvalue weighted by Gasteiger charge is -2.10. The fourth-order valence-electron chi connectivity index (χ4n) is 2.49. The average molecular weight is 301 g/mol. The van der Waals surface area contributed by atoms with Gasteiger partial charge < -0.3 is 5.32 Å². The maximum Gasteiger partial charge on any atom is 0.280 e. The number of hydrogen-bond acceptors (Lipinski definition) is 5. The molecular weight excluding hydrogens is 282 g/mol. The van der Waals surface area contributed by atoms with Gasteiger partial charge >= 0.3 is 0 Å². The van der Waals surface area contributed by atoms with Crippen LogP contribution >= 0.6 is 0 Å². The molecule has 0 amide bonds. The van der Waals surface area contributed by atoms with Crippen molar-refractivity contribution in [3.63, 3.8) is 0 Å². The summed E-state index contributed by atoms with van der Waals surface area (Å²) in [6.45, 7) is 3.39. The zero-order valence-electron chi connectivity index (χ0n) is 12.9. The van der Waals surface area contributed by atoms with E-state index in [2.05, 4.69) is 20.5 Å². The first kappa shape index (κ1) is 14.3. The van der Waals surface area contributed by atoms with Crippen molar-refractivity contribution in [3.05, 3.63) is 34.5 Å². The van der Waals surface area contributed by atoms with Gasteiger partial charge in [0, 0.05) is 39.6 Å². The Hall–Kier alpha value is -2.64. The molecule has 0 saturated carbocycles. The van der Waals surface area contributed by atoms with Crippen molar-refractivity contribution < 1.29 is 0 Å². The molecule has 0 atom stereocenters. The lowest BCUT2D eigenvalue weighted by molar-refractivity contribution is 0.590. The molecule has 0 aliphatic heterocycles. The molecule has 0 unspecified atom stereocenters. The Kier molecular flexibility index (Phi) is 3.66. The molecule has 22 heavy (non-hydrogen) atoms. The summed E-state index contributed by atoms with van der Waals surface area (Å²) in [5.74, 6) is 0.564. The smallest absolute Gasteiger partial charge is 0.280 e. The summed E-state index contributed by atoms with van der Waals surface area (Å²) < 4.78 is 4.99. The highest BCUT2D eigenvalue weighted by Crippen LogP contribution is 2.13. The largest absolute Gasteiger partial charge is 0.355 e. The van der Waals surface area contributed by atoms with Crippen LogP contribution in [0.1, 0.15) is 12.1 Å². The van der Waals surface area contributed by atoms with Gasteiger partial charge in [-0.3, -0.25) is 18.7 Å². The quantitative estimate of drug-likeness (QED) is 0.701. The number of rotatable bonds is 5. The Balaban J connectivity index is 1.77. The second-order valence-corrected chi connectivity index (χ2v) is 5.26. The van der Waals surface area contributed by atoms with Crippen LogP contribution in [0.3, 0.4) is 0 Å². The molecule has 0 spiro atoms. The summed E-state index contributed by atoms with van der Waals surface area (Å²) in [6.07, 6.45) is 4.58. The van der Waals surface area contributed by atoms with Crippen molar-refractivity contribution in [1.82, 2.24) is 29.1 Å². The molecule has 0 saturated heterocycles. The zero-order chi connectivity index (χ0) is 15.7. The molecule has 0 aliphatic carbocycles. The molecule has 0 aliphatic rings. The van der Waals surface area contributed by atoms with Crippen molar-refractivity contribution in [2.45, 2.75) is 19.9 Å². The van der Waals surface area contributed by atoms with Gasteiger partial charge in [-0.2, -0.15) is 10.2 Å². The highest BCUT2D eigenvalue weighted by Gasteiger charge is 2.14. The first-order valence-electron chi connectivity index (χ1n) is 7.19. The SMILES string of the molecule is Cc1nn(C)c2c(=O)n(C)c(NCCCn3cccn3)nc12. The standard InChI is InChI=1S/C14H19N7O/c1-10-11-12(20(3)18-10)13(22)19(2)14(17-11)15-6-4-8-21-9-5-7-16-21/h5,7,9H,4,6,8H2,1-3H3,(H,15,17). The van der Waals surface area contributed by atoms with Crippen molar-refractivity contribution >= 4 is 17.0 Å². The minimum atomic E-state index is -0.0947. The van der Waals surface area contributed by atoms with E-state index in [-0.39, 0.29) is 5.56 Å².